The fourth-order valence-electron chi connectivity index (χ4n) is 0.980. The number of nitrogens with two attached hydrogens (primary N) is 1. The number of rotatable bonds is 5. The SMILES string of the molecule is C=C(C)C(=O)N(CCC)CC(N)=O. The van der Waals surface area contributed by atoms with Gasteiger partial charge in [0.1, 0.15) is 0 Å². The highest BCUT2D eigenvalue weighted by molar-refractivity contribution is 5.94. The lowest BCUT2D eigenvalue weighted by atomic mass is 10.2. The minimum atomic E-state index is -0.497. The van der Waals surface area contributed by atoms with Crippen LogP contribution in [0.5, 0.6) is 0 Å². The van der Waals surface area contributed by atoms with Crippen LogP contribution in [0.4, 0.5) is 0 Å². The van der Waals surface area contributed by atoms with E-state index in [9.17, 15) is 9.59 Å². The largest absolute Gasteiger partial charge is 0.368 e. The van der Waals surface area contributed by atoms with E-state index in [1.165, 1.54) is 4.90 Å². The van der Waals surface area contributed by atoms with Crippen molar-refractivity contribution in [3.8, 4) is 0 Å². The Balaban J connectivity index is 4.31. The summed E-state index contributed by atoms with van der Waals surface area (Å²) in [6.07, 6.45) is 0.798. The van der Waals surface area contributed by atoms with Crippen molar-refractivity contribution < 1.29 is 9.59 Å². The van der Waals surface area contributed by atoms with E-state index in [2.05, 4.69) is 6.58 Å². The molecule has 0 saturated heterocycles. The Labute approximate surface area is 78.4 Å². The Kier molecular flexibility index (Phi) is 4.80. The summed E-state index contributed by atoms with van der Waals surface area (Å²) in [6, 6.07) is 0. The molecule has 0 spiro atoms. The van der Waals surface area contributed by atoms with Crippen molar-refractivity contribution in [1.82, 2.24) is 4.90 Å². The zero-order valence-electron chi connectivity index (χ0n) is 8.17. The maximum atomic E-state index is 11.4. The van der Waals surface area contributed by atoms with Gasteiger partial charge in [0.15, 0.2) is 0 Å². The van der Waals surface area contributed by atoms with Crippen LogP contribution in [0.15, 0.2) is 12.2 Å². The maximum absolute atomic E-state index is 11.4. The molecule has 0 saturated carbocycles. The molecule has 0 atom stereocenters. The van der Waals surface area contributed by atoms with Gasteiger partial charge in [-0.1, -0.05) is 13.5 Å². The van der Waals surface area contributed by atoms with Crippen LogP contribution in [0, 0.1) is 0 Å². The summed E-state index contributed by atoms with van der Waals surface area (Å²) in [5.74, 6) is -0.705. The average molecular weight is 184 g/mol. The van der Waals surface area contributed by atoms with Gasteiger partial charge in [0, 0.05) is 12.1 Å². The van der Waals surface area contributed by atoms with Gasteiger partial charge in [0.2, 0.25) is 11.8 Å². The molecule has 0 aromatic carbocycles. The zero-order valence-corrected chi connectivity index (χ0v) is 8.17. The third-order valence-corrected chi connectivity index (χ3v) is 1.49. The third-order valence-electron chi connectivity index (χ3n) is 1.49. The molecule has 2 amide bonds. The second-order valence-electron chi connectivity index (χ2n) is 2.97. The Morgan fingerprint density at radius 3 is 2.31 bits per heavy atom. The molecule has 0 radical (unpaired) electrons. The number of carbonyl (C=O) groups excluding carboxylic acids is 2. The fourth-order valence-corrected chi connectivity index (χ4v) is 0.980. The molecule has 0 aliphatic carbocycles. The monoisotopic (exact) mass is 184 g/mol. The molecule has 74 valence electrons. The Hall–Kier alpha value is -1.32. The van der Waals surface area contributed by atoms with Crippen LogP contribution in [-0.2, 0) is 9.59 Å². The summed E-state index contributed by atoms with van der Waals surface area (Å²) in [5, 5.41) is 0. The predicted molar refractivity (Wildman–Crippen MR) is 50.9 cm³/mol. The molecule has 0 fully saturated rings. The summed E-state index contributed by atoms with van der Waals surface area (Å²) >= 11 is 0. The van der Waals surface area contributed by atoms with E-state index >= 15 is 0 Å². The third kappa shape index (κ3) is 4.30. The topological polar surface area (TPSA) is 63.4 Å². The van der Waals surface area contributed by atoms with Gasteiger partial charge in [-0.2, -0.15) is 0 Å². The number of primary amides is 1. The molecule has 0 aliphatic heterocycles. The van der Waals surface area contributed by atoms with Crippen molar-refractivity contribution in [2.45, 2.75) is 20.3 Å². The summed E-state index contributed by atoms with van der Waals surface area (Å²) in [6.45, 7) is 7.58. The van der Waals surface area contributed by atoms with Crippen LogP contribution in [0.25, 0.3) is 0 Å². The molecule has 0 aromatic heterocycles. The summed E-state index contributed by atoms with van der Waals surface area (Å²) in [7, 11) is 0. The second-order valence-corrected chi connectivity index (χ2v) is 2.97. The molecule has 13 heavy (non-hydrogen) atoms. The lowest BCUT2D eigenvalue weighted by Crippen LogP contribution is -2.39. The summed E-state index contributed by atoms with van der Waals surface area (Å²) in [4.78, 5) is 23.4. The predicted octanol–water partition coefficient (Wildman–Crippen LogP) is 0.286. The molecule has 4 nitrogen and oxygen atoms in total. The molecule has 0 aliphatic rings. The first-order chi connectivity index (χ1) is 5.99. The molecular formula is C9H16N2O2. The molecule has 0 rings (SSSR count). The van der Waals surface area contributed by atoms with Gasteiger partial charge in [-0.15, -0.1) is 0 Å². The van der Waals surface area contributed by atoms with E-state index in [1.54, 1.807) is 6.92 Å². The highest BCUT2D eigenvalue weighted by atomic mass is 16.2. The number of hydrogen-bond acceptors (Lipinski definition) is 2. The first kappa shape index (κ1) is 11.7. The first-order valence-electron chi connectivity index (χ1n) is 4.22. The lowest BCUT2D eigenvalue weighted by Gasteiger charge is -2.20. The minimum absolute atomic E-state index is 0.0282. The molecule has 4 heteroatoms. The van der Waals surface area contributed by atoms with Gasteiger partial charge >= 0.3 is 0 Å². The quantitative estimate of drug-likeness (QED) is 0.624. The van der Waals surface area contributed by atoms with Gasteiger partial charge in [-0.05, 0) is 13.3 Å². The first-order valence-corrected chi connectivity index (χ1v) is 4.22. The highest BCUT2D eigenvalue weighted by Gasteiger charge is 2.14. The zero-order chi connectivity index (χ0) is 10.4. The van der Waals surface area contributed by atoms with E-state index in [1.807, 2.05) is 6.92 Å². The van der Waals surface area contributed by atoms with Crippen LogP contribution < -0.4 is 5.73 Å². The average Bonchev–Trinajstić information content (AvgIpc) is 2.01. The molecular weight excluding hydrogens is 168 g/mol. The number of nitrogens with zero attached hydrogens (tertiary/aromatic N) is 1. The number of amides is 2. The van der Waals surface area contributed by atoms with Crippen molar-refractivity contribution in [2.75, 3.05) is 13.1 Å². The minimum Gasteiger partial charge on any atom is -0.368 e. The summed E-state index contributed by atoms with van der Waals surface area (Å²) in [5.41, 5.74) is 5.42. The van der Waals surface area contributed by atoms with Gasteiger partial charge in [-0.3, -0.25) is 9.59 Å². The number of carbonyl (C=O) groups is 2. The molecule has 2 N–H and O–H groups in total. The van der Waals surface area contributed by atoms with Crippen molar-refractivity contribution >= 4 is 11.8 Å². The molecule has 0 bridgehead atoms. The second kappa shape index (κ2) is 5.35. The van der Waals surface area contributed by atoms with E-state index in [4.69, 9.17) is 5.73 Å². The van der Waals surface area contributed by atoms with Crippen LogP contribution in [0.2, 0.25) is 0 Å². The Morgan fingerprint density at radius 1 is 1.46 bits per heavy atom. The summed E-state index contributed by atoms with van der Waals surface area (Å²) < 4.78 is 0. The van der Waals surface area contributed by atoms with E-state index in [0.717, 1.165) is 6.42 Å². The standard InChI is InChI=1S/C9H16N2O2/c1-4-5-11(6-8(10)12)9(13)7(2)3/h2,4-6H2,1,3H3,(H2,10,12). The van der Waals surface area contributed by atoms with Crippen molar-refractivity contribution in [1.29, 1.82) is 0 Å². The highest BCUT2D eigenvalue weighted by Crippen LogP contribution is 1.99. The van der Waals surface area contributed by atoms with Crippen molar-refractivity contribution in [3.63, 3.8) is 0 Å². The van der Waals surface area contributed by atoms with Gasteiger partial charge in [0.25, 0.3) is 0 Å². The van der Waals surface area contributed by atoms with Crippen LogP contribution in [0.1, 0.15) is 20.3 Å². The van der Waals surface area contributed by atoms with Gasteiger partial charge < -0.3 is 10.6 Å². The molecule has 0 aromatic rings. The van der Waals surface area contributed by atoms with E-state index < -0.39 is 5.91 Å². The van der Waals surface area contributed by atoms with Crippen LogP contribution in [0.3, 0.4) is 0 Å². The van der Waals surface area contributed by atoms with Gasteiger partial charge in [0.05, 0.1) is 6.54 Å². The maximum Gasteiger partial charge on any atom is 0.249 e. The Bertz CT molecular complexity index is 224. The molecule has 0 unspecified atom stereocenters. The van der Waals surface area contributed by atoms with E-state index in [-0.39, 0.29) is 12.5 Å². The fraction of sp³-hybridized carbons (Fsp3) is 0.556. The normalized spacial score (nSPS) is 9.38. The lowest BCUT2D eigenvalue weighted by molar-refractivity contribution is -0.131. The smallest absolute Gasteiger partial charge is 0.249 e. The van der Waals surface area contributed by atoms with Crippen molar-refractivity contribution in [3.05, 3.63) is 12.2 Å². The van der Waals surface area contributed by atoms with Gasteiger partial charge in [-0.25, -0.2) is 0 Å². The molecule has 0 heterocycles. The Morgan fingerprint density at radius 2 is 2.00 bits per heavy atom. The van der Waals surface area contributed by atoms with Crippen LogP contribution in [-0.4, -0.2) is 29.8 Å². The number of hydrogen-bond donors (Lipinski definition) is 1. The van der Waals surface area contributed by atoms with Crippen LogP contribution >= 0.6 is 0 Å². The van der Waals surface area contributed by atoms with E-state index in [0.29, 0.717) is 12.1 Å². The van der Waals surface area contributed by atoms with Crippen molar-refractivity contribution in [2.24, 2.45) is 5.73 Å².